The highest BCUT2D eigenvalue weighted by Gasteiger charge is 2.12. The molecule has 132 valence electrons. The summed E-state index contributed by atoms with van der Waals surface area (Å²) in [7, 11) is 0. The van der Waals surface area contributed by atoms with Crippen molar-refractivity contribution >= 4 is 17.0 Å². The summed E-state index contributed by atoms with van der Waals surface area (Å²) in [6, 6.07) is 21.0. The molecule has 0 saturated heterocycles. The van der Waals surface area contributed by atoms with Crippen LogP contribution in [0.2, 0.25) is 0 Å². The summed E-state index contributed by atoms with van der Waals surface area (Å²) in [6.45, 7) is 3.60. The maximum Gasteiger partial charge on any atom is 0.204 e. The highest BCUT2D eigenvalue weighted by Crippen LogP contribution is 2.23. The van der Waals surface area contributed by atoms with Gasteiger partial charge in [0.2, 0.25) is 5.95 Å². The van der Waals surface area contributed by atoms with Crippen LogP contribution in [0.3, 0.4) is 0 Å². The number of aromatic nitrogens is 2. The molecule has 2 aromatic heterocycles. The van der Waals surface area contributed by atoms with E-state index in [-0.39, 0.29) is 0 Å². The van der Waals surface area contributed by atoms with E-state index in [1.807, 2.05) is 18.2 Å². The zero-order valence-corrected chi connectivity index (χ0v) is 15.0. The van der Waals surface area contributed by atoms with Gasteiger partial charge in [0.05, 0.1) is 30.4 Å². The van der Waals surface area contributed by atoms with Gasteiger partial charge in [-0.2, -0.15) is 0 Å². The van der Waals surface area contributed by atoms with Crippen LogP contribution in [0.15, 0.2) is 71.3 Å². The number of nitrogens with zero attached hydrogens (tertiary/aromatic N) is 2. The predicted octanol–water partition coefficient (Wildman–Crippen LogP) is 5.24. The first-order valence-corrected chi connectivity index (χ1v) is 9.13. The molecule has 0 spiro atoms. The number of rotatable bonds is 7. The van der Waals surface area contributed by atoms with Gasteiger partial charge in [0.25, 0.3) is 0 Å². The molecule has 2 aromatic carbocycles. The Morgan fingerprint density at radius 3 is 2.65 bits per heavy atom. The van der Waals surface area contributed by atoms with E-state index in [1.165, 1.54) is 11.1 Å². The molecule has 4 rings (SSSR count). The lowest BCUT2D eigenvalue weighted by atomic mass is 10.1. The summed E-state index contributed by atoms with van der Waals surface area (Å²) < 4.78 is 7.68. The van der Waals surface area contributed by atoms with Crippen LogP contribution in [0.1, 0.15) is 30.2 Å². The Bertz CT molecular complexity index is 971. The van der Waals surface area contributed by atoms with E-state index in [0.717, 1.165) is 42.1 Å². The van der Waals surface area contributed by atoms with Gasteiger partial charge in [0, 0.05) is 0 Å². The quantitative estimate of drug-likeness (QED) is 0.498. The second kappa shape index (κ2) is 7.48. The summed E-state index contributed by atoms with van der Waals surface area (Å²) in [6.07, 6.45) is 3.91. The smallest absolute Gasteiger partial charge is 0.204 e. The number of nitrogens with one attached hydrogen (secondary N) is 1. The topological polar surface area (TPSA) is 43.0 Å². The normalized spacial score (nSPS) is 11.1. The fourth-order valence-electron chi connectivity index (χ4n) is 3.26. The average Bonchev–Trinajstić information content (AvgIpc) is 3.29. The van der Waals surface area contributed by atoms with Crippen molar-refractivity contribution in [2.45, 2.75) is 32.9 Å². The summed E-state index contributed by atoms with van der Waals surface area (Å²) in [4.78, 5) is 4.86. The number of aryl methyl sites for hydroxylation is 1. The molecule has 0 bridgehead atoms. The Morgan fingerprint density at radius 1 is 1.00 bits per heavy atom. The molecule has 0 radical (unpaired) electrons. The predicted molar refractivity (Wildman–Crippen MR) is 105 cm³/mol. The molecule has 1 N–H and O–H groups in total. The summed E-state index contributed by atoms with van der Waals surface area (Å²) in [5, 5.41) is 3.43. The van der Waals surface area contributed by atoms with E-state index in [2.05, 4.69) is 59.3 Å². The van der Waals surface area contributed by atoms with Gasteiger partial charge in [0.15, 0.2) is 0 Å². The second-order valence-corrected chi connectivity index (χ2v) is 6.51. The number of anilines is 1. The molecule has 0 aliphatic heterocycles. The van der Waals surface area contributed by atoms with Crippen LogP contribution in [-0.4, -0.2) is 9.55 Å². The maximum absolute atomic E-state index is 5.44. The van der Waals surface area contributed by atoms with Crippen molar-refractivity contribution in [3.05, 3.63) is 83.8 Å². The minimum atomic E-state index is 0.618. The van der Waals surface area contributed by atoms with Gasteiger partial charge in [-0.25, -0.2) is 4.98 Å². The van der Waals surface area contributed by atoms with Gasteiger partial charge >= 0.3 is 0 Å². The van der Waals surface area contributed by atoms with Crippen LogP contribution in [0.5, 0.6) is 0 Å². The lowest BCUT2D eigenvalue weighted by Crippen LogP contribution is -2.08. The lowest BCUT2D eigenvalue weighted by molar-refractivity contribution is 0.517. The minimum absolute atomic E-state index is 0.618. The SMILES string of the molecule is CCCc1ccc2c(c1)nc(NCc1ccco1)n2Cc1ccccc1. The Balaban J connectivity index is 1.70. The third-order valence-electron chi connectivity index (χ3n) is 4.54. The Labute approximate surface area is 153 Å². The van der Waals surface area contributed by atoms with Gasteiger partial charge in [-0.1, -0.05) is 49.7 Å². The molecule has 26 heavy (non-hydrogen) atoms. The van der Waals surface area contributed by atoms with Gasteiger partial charge in [0.1, 0.15) is 5.76 Å². The highest BCUT2D eigenvalue weighted by molar-refractivity contribution is 5.79. The molecule has 0 atom stereocenters. The van der Waals surface area contributed by atoms with E-state index in [0.29, 0.717) is 6.54 Å². The van der Waals surface area contributed by atoms with Crippen molar-refractivity contribution in [1.82, 2.24) is 9.55 Å². The standard InChI is InChI=1S/C22H23N3O/c1-2-7-17-11-12-21-20(14-17)24-22(23-15-19-10-6-13-26-19)25(21)16-18-8-4-3-5-9-18/h3-6,8-14H,2,7,15-16H2,1H3,(H,23,24). The van der Waals surface area contributed by atoms with Gasteiger partial charge < -0.3 is 14.3 Å². The van der Waals surface area contributed by atoms with Crippen LogP contribution < -0.4 is 5.32 Å². The van der Waals surface area contributed by atoms with Gasteiger partial charge in [-0.15, -0.1) is 0 Å². The third-order valence-corrected chi connectivity index (χ3v) is 4.54. The molecule has 2 heterocycles. The van der Waals surface area contributed by atoms with Crippen LogP contribution in [0.25, 0.3) is 11.0 Å². The van der Waals surface area contributed by atoms with Crippen LogP contribution >= 0.6 is 0 Å². The number of furan rings is 1. The molecular weight excluding hydrogens is 322 g/mol. The van der Waals surface area contributed by atoms with Crippen molar-refractivity contribution in [2.75, 3.05) is 5.32 Å². The van der Waals surface area contributed by atoms with Crippen LogP contribution in [-0.2, 0) is 19.5 Å². The molecule has 0 unspecified atom stereocenters. The van der Waals surface area contributed by atoms with E-state index in [9.17, 15) is 0 Å². The molecule has 0 aliphatic rings. The van der Waals surface area contributed by atoms with E-state index < -0.39 is 0 Å². The van der Waals surface area contributed by atoms with Crippen molar-refractivity contribution in [3.63, 3.8) is 0 Å². The van der Waals surface area contributed by atoms with Crippen molar-refractivity contribution in [2.24, 2.45) is 0 Å². The maximum atomic E-state index is 5.44. The number of imidazole rings is 1. The zero-order valence-electron chi connectivity index (χ0n) is 15.0. The highest BCUT2D eigenvalue weighted by atomic mass is 16.3. The number of fused-ring (bicyclic) bond motifs is 1. The zero-order chi connectivity index (χ0) is 17.8. The molecule has 4 heteroatoms. The summed E-state index contributed by atoms with van der Waals surface area (Å²) in [5.74, 6) is 1.77. The van der Waals surface area contributed by atoms with Crippen molar-refractivity contribution in [1.29, 1.82) is 0 Å². The number of hydrogen-bond donors (Lipinski definition) is 1. The van der Waals surface area contributed by atoms with E-state index in [4.69, 9.17) is 9.40 Å². The monoisotopic (exact) mass is 345 g/mol. The minimum Gasteiger partial charge on any atom is -0.467 e. The molecule has 4 nitrogen and oxygen atoms in total. The molecule has 0 saturated carbocycles. The first kappa shape index (κ1) is 16.5. The first-order chi connectivity index (χ1) is 12.8. The molecule has 0 aliphatic carbocycles. The summed E-state index contributed by atoms with van der Waals surface area (Å²) >= 11 is 0. The van der Waals surface area contributed by atoms with Crippen molar-refractivity contribution in [3.8, 4) is 0 Å². The third kappa shape index (κ3) is 3.49. The second-order valence-electron chi connectivity index (χ2n) is 6.51. The lowest BCUT2D eigenvalue weighted by Gasteiger charge is -2.10. The van der Waals surface area contributed by atoms with Gasteiger partial charge in [-0.3, -0.25) is 0 Å². The Kier molecular flexibility index (Phi) is 4.73. The summed E-state index contributed by atoms with van der Waals surface area (Å²) in [5.41, 5.74) is 4.77. The number of benzene rings is 2. The van der Waals surface area contributed by atoms with E-state index in [1.54, 1.807) is 6.26 Å². The fraction of sp³-hybridized carbons (Fsp3) is 0.227. The molecule has 4 aromatic rings. The average molecular weight is 345 g/mol. The molecule has 0 fully saturated rings. The van der Waals surface area contributed by atoms with E-state index >= 15 is 0 Å². The Hall–Kier alpha value is -3.01. The number of hydrogen-bond acceptors (Lipinski definition) is 3. The van der Waals surface area contributed by atoms with Crippen LogP contribution in [0, 0.1) is 0 Å². The van der Waals surface area contributed by atoms with Gasteiger partial charge in [-0.05, 0) is 41.8 Å². The fourth-order valence-corrected chi connectivity index (χ4v) is 3.26. The first-order valence-electron chi connectivity index (χ1n) is 9.13. The molecule has 0 amide bonds. The molecular formula is C22H23N3O. The van der Waals surface area contributed by atoms with Crippen LogP contribution in [0.4, 0.5) is 5.95 Å². The van der Waals surface area contributed by atoms with Crippen molar-refractivity contribution < 1.29 is 4.42 Å². The largest absolute Gasteiger partial charge is 0.467 e. The Morgan fingerprint density at radius 2 is 1.88 bits per heavy atom.